The van der Waals surface area contributed by atoms with Crippen molar-refractivity contribution in [1.82, 2.24) is 15.5 Å². The Kier molecular flexibility index (Phi) is 4.34. The molecule has 0 saturated carbocycles. The lowest BCUT2D eigenvalue weighted by atomic mass is 10.1. The van der Waals surface area contributed by atoms with Gasteiger partial charge in [-0.3, -0.25) is 5.10 Å². The lowest BCUT2D eigenvalue weighted by molar-refractivity contribution is 0.693. The van der Waals surface area contributed by atoms with Gasteiger partial charge in [-0.15, -0.1) is 0 Å². The third-order valence-corrected chi connectivity index (χ3v) is 3.59. The van der Waals surface area contributed by atoms with Crippen LogP contribution in [0.1, 0.15) is 11.1 Å². The number of aromatic nitrogens is 2. The topological polar surface area (TPSA) is 40.7 Å². The van der Waals surface area contributed by atoms with E-state index in [1.54, 1.807) is 6.20 Å². The SMILES string of the molecule is Clc1ccc(CNCc2ccc(-c3ccn[nH]3)cc2)cc1. The number of halogens is 1. The Hall–Kier alpha value is -2.10. The Balaban J connectivity index is 1.55. The molecule has 106 valence electrons. The molecule has 0 bridgehead atoms. The van der Waals surface area contributed by atoms with Crippen molar-refractivity contribution in [2.75, 3.05) is 0 Å². The molecule has 2 N–H and O–H groups in total. The molecular weight excluding hydrogens is 282 g/mol. The van der Waals surface area contributed by atoms with Gasteiger partial charge in [0.25, 0.3) is 0 Å². The minimum absolute atomic E-state index is 0.771. The van der Waals surface area contributed by atoms with Crippen molar-refractivity contribution >= 4 is 11.6 Å². The average Bonchev–Trinajstić information content (AvgIpc) is 3.04. The monoisotopic (exact) mass is 297 g/mol. The molecule has 0 saturated heterocycles. The van der Waals surface area contributed by atoms with Crippen molar-refractivity contribution in [2.45, 2.75) is 13.1 Å². The van der Waals surface area contributed by atoms with Gasteiger partial charge in [-0.2, -0.15) is 5.10 Å². The molecule has 0 aliphatic rings. The Morgan fingerprint density at radius 1 is 0.857 bits per heavy atom. The molecule has 3 rings (SSSR count). The largest absolute Gasteiger partial charge is 0.309 e. The van der Waals surface area contributed by atoms with Crippen LogP contribution in [-0.4, -0.2) is 10.2 Å². The summed E-state index contributed by atoms with van der Waals surface area (Å²) < 4.78 is 0. The van der Waals surface area contributed by atoms with E-state index >= 15 is 0 Å². The number of hydrogen-bond donors (Lipinski definition) is 2. The van der Waals surface area contributed by atoms with Crippen LogP contribution in [0.25, 0.3) is 11.3 Å². The van der Waals surface area contributed by atoms with Gasteiger partial charge in [-0.1, -0.05) is 48.0 Å². The second-order valence-electron chi connectivity index (χ2n) is 4.90. The van der Waals surface area contributed by atoms with E-state index in [1.165, 1.54) is 11.1 Å². The molecule has 1 aromatic heterocycles. The molecule has 3 nitrogen and oxygen atoms in total. The van der Waals surface area contributed by atoms with E-state index in [-0.39, 0.29) is 0 Å². The van der Waals surface area contributed by atoms with Crippen LogP contribution in [-0.2, 0) is 13.1 Å². The van der Waals surface area contributed by atoms with Gasteiger partial charge in [0.2, 0.25) is 0 Å². The van der Waals surface area contributed by atoms with Crippen molar-refractivity contribution in [3.8, 4) is 11.3 Å². The molecule has 0 radical (unpaired) electrons. The fourth-order valence-corrected chi connectivity index (χ4v) is 2.30. The highest BCUT2D eigenvalue weighted by Crippen LogP contribution is 2.16. The quantitative estimate of drug-likeness (QED) is 0.747. The summed E-state index contributed by atoms with van der Waals surface area (Å²) in [6, 6.07) is 18.3. The minimum atomic E-state index is 0.771. The van der Waals surface area contributed by atoms with Gasteiger partial charge in [0.1, 0.15) is 0 Å². The summed E-state index contributed by atoms with van der Waals surface area (Å²) in [5, 5.41) is 11.1. The van der Waals surface area contributed by atoms with E-state index < -0.39 is 0 Å². The minimum Gasteiger partial charge on any atom is -0.309 e. The van der Waals surface area contributed by atoms with Crippen LogP contribution in [0, 0.1) is 0 Å². The first kappa shape index (κ1) is 13.9. The van der Waals surface area contributed by atoms with E-state index in [4.69, 9.17) is 11.6 Å². The number of nitrogens with one attached hydrogen (secondary N) is 2. The van der Waals surface area contributed by atoms with Crippen LogP contribution in [0.3, 0.4) is 0 Å². The number of hydrogen-bond acceptors (Lipinski definition) is 2. The maximum Gasteiger partial charge on any atom is 0.0650 e. The number of rotatable bonds is 5. The number of benzene rings is 2. The second-order valence-corrected chi connectivity index (χ2v) is 5.33. The predicted octanol–water partition coefficient (Wildman–Crippen LogP) is 4.02. The average molecular weight is 298 g/mol. The molecule has 2 aromatic carbocycles. The first-order valence-electron chi connectivity index (χ1n) is 6.85. The zero-order chi connectivity index (χ0) is 14.5. The highest BCUT2D eigenvalue weighted by atomic mass is 35.5. The summed E-state index contributed by atoms with van der Waals surface area (Å²) in [6.07, 6.45) is 1.76. The predicted molar refractivity (Wildman–Crippen MR) is 86.0 cm³/mol. The highest BCUT2D eigenvalue weighted by molar-refractivity contribution is 6.30. The van der Waals surface area contributed by atoms with Gasteiger partial charge >= 0.3 is 0 Å². The molecule has 0 spiro atoms. The van der Waals surface area contributed by atoms with Crippen LogP contribution in [0.15, 0.2) is 60.8 Å². The Bertz CT molecular complexity index is 673. The molecule has 1 heterocycles. The van der Waals surface area contributed by atoms with Crippen molar-refractivity contribution in [3.63, 3.8) is 0 Å². The third kappa shape index (κ3) is 3.72. The summed E-state index contributed by atoms with van der Waals surface area (Å²) in [6.45, 7) is 1.67. The highest BCUT2D eigenvalue weighted by Gasteiger charge is 1.99. The molecule has 0 atom stereocenters. The van der Waals surface area contributed by atoms with Crippen molar-refractivity contribution < 1.29 is 0 Å². The molecule has 0 fully saturated rings. The molecule has 0 unspecified atom stereocenters. The summed E-state index contributed by atoms with van der Waals surface area (Å²) >= 11 is 5.87. The number of aromatic amines is 1. The molecular formula is C17H16ClN3. The number of nitrogens with zero attached hydrogens (tertiary/aromatic N) is 1. The van der Waals surface area contributed by atoms with Crippen LogP contribution in [0.2, 0.25) is 5.02 Å². The lowest BCUT2D eigenvalue weighted by Crippen LogP contribution is -2.12. The van der Waals surface area contributed by atoms with Gasteiger partial charge in [0, 0.05) is 24.3 Å². The second kappa shape index (κ2) is 6.57. The summed E-state index contributed by atoms with van der Waals surface area (Å²) in [5.74, 6) is 0. The van der Waals surface area contributed by atoms with Crippen molar-refractivity contribution in [3.05, 3.63) is 76.9 Å². The fourth-order valence-electron chi connectivity index (χ4n) is 2.17. The van der Waals surface area contributed by atoms with E-state index in [2.05, 4.69) is 39.8 Å². The summed E-state index contributed by atoms with van der Waals surface area (Å²) in [4.78, 5) is 0. The molecule has 21 heavy (non-hydrogen) atoms. The van der Waals surface area contributed by atoms with Gasteiger partial charge in [-0.05, 0) is 34.9 Å². The van der Waals surface area contributed by atoms with Gasteiger partial charge < -0.3 is 5.32 Å². The van der Waals surface area contributed by atoms with E-state index in [0.717, 1.165) is 29.4 Å². The number of H-pyrrole nitrogens is 1. The van der Waals surface area contributed by atoms with Gasteiger partial charge in [0.05, 0.1) is 5.69 Å². The van der Waals surface area contributed by atoms with Crippen LogP contribution in [0.5, 0.6) is 0 Å². The molecule has 0 amide bonds. The first-order chi connectivity index (χ1) is 10.3. The fraction of sp³-hybridized carbons (Fsp3) is 0.118. The van der Waals surface area contributed by atoms with Crippen LogP contribution < -0.4 is 5.32 Å². The lowest BCUT2D eigenvalue weighted by Gasteiger charge is -2.06. The first-order valence-corrected chi connectivity index (χ1v) is 7.23. The standard InChI is InChI=1S/C17H16ClN3/c18-16-7-3-14(4-8-16)12-19-11-13-1-5-15(6-2-13)17-9-10-20-21-17/h1-10,19H,11-12H2,(H,20,21). The molecule has 0 aliphatic heterocycles. The van der Waals surface area contributed by atoms with Crippen molar-refractivity contribution in [2.24, 2.45) is 0 Å². The van der Waals surface area contributed by atoms with E-state index in [0.29, 0.717) is 0 Å². The summed E-state index contributed by atoms with van der Waals surface area (Å²) in [7, 11) is 0. The van der Waals surface area contributed by atoms with Crippen LogP contribution in [0.4, 0.5) is 0 Å². The van der Waals surface area contributed by atoms with E-state index in [9.17, 15) is 0 Å². The summed E-state index contributed by atoms with van der Waals surface area (Å²) in [5.41, 5.74) is 4.67. The smallest absolute Gasteiger partial charge is 0.0650 e. The normalized spacial score (nSPS) is 10.7. The Morgan fingerprint density at radius 2 is 1.48 bits per heavy atom. The van der Waals surface area contributed by atoms with Gasteiger partial charge in [0.15, 0.2) is 0 Å². The Labute approximate surface area is 129 Å². The van der Waals surface area contributed by atoms with Crippen LogP contribution >= 0.6 is 11.6 Å². The van der Waals surface area contributed by atoms with E-state index in [1.807, 2.05) is 30.3 Å². The maximum absolute atomic E-state index is 5.87. The zero-order valence-corrected chi connectivity index (χ0v) is 12.3. The maximum atomic E-state index is 5.87. The van der Waals surface area contributed by atoms with Gasteiger partial charge in [-0.25, -0.2) is 0 Å². The third-order valence-electron chi connectivity index (χ3n) is 3.34. The molecule has 3 aromatic rings. The Morgan fingerprint density at radius 3 is 2.05 bits per heavy atom. The zero-order valence-electron chi connectivity index (χ0n) is 11.5. The van der Waals surface area contributed by atoms with Crippen molar-refractivity contribution in [1.29, 1.82) is 0 Å². The molecule has 4 heteroatoms. The molecule has 0 aliphatic carbocycles.